The van der Waals surface area contributed by atoms with E-state index in [-0.39, 0.29) is 17.3 Å². The first-order valence-electron chi connectivity index (χ1n) is 11.8. The number of fused-ring (bicyclic) bond motifs is 1. The fourth-order valence-electron chi connectivity index (χ4n) is 5.29. The van der Waals surface area contributed by atoms with Crippen molar-refractivity contribution in [3.63, 3.8) is 0 Å². The van der Waals surface area contributed by atoms with Crippen molar-refractivity contribution in [3.05, 3.63) is 59.4 Å². The largest absolute Gasteiger partial charge is 0.406 e. The summed E-state index contributed by atoms with van der Waals surface area (Å²) in [6.07, 6.45) is 1.69. The van der Waals surface area contributed by atoms with Crippen LogP contribution in [0.15, 0.2) is 53.9 Å². The number of anilines is 1. The van der Waals surface area contributed by atoms with Crippen LogP contribution >= 0.6 is 0 Å². The van der Waals surface area contributed by atoms with Crippen molar-refractivity contribution in [1.29, 1.82) is 0 Å². The number of halogens is 3. The van der Waals surface area contributed by atoms with Gasteiger partial charge in [-0.05, 0) is 25.3 Å². The van der Waals surface area contributed by atoms with Crippen LogP contribution in [0, 0.1) is 0 Å². The van der Waals surface area contributed by atoms with Gasteiger partial charge < -0.3 is 10.6 Å². The zero-order valence-corrected chi connectivity index (χ0v) is 19.2. The van der Waals surface area contributed by atoms with Gasteiger partial charge in [-0.3, -0.25) is 14.3 Å². The normalized spacial score (nSPS) is 25.4. The van der Waals surface area contributed by atoms with Gasteiger partial charge in [-0.15, -0.1) is 0 Å². The van der Waals surface area contributed by atoms with E-state index in [9.17, 15) is 22.8 Å². The number of amides is 2. The Hall–Kier alpha value is -3.34. The van der Waals surface area contributed by atoms with Crippen molar-refractivity contribution in [1.82, 2.24) is 25.5 Å². The smallest absolute Gasteiger partial charge is 0.366 e. The first-order valence-corrected chi connectivity index (χ1v) is 11.8. The lowest BCUT2D eigenvalue weighted by Gasteiger charge is -2.34. The molecule has 35 heavy (non-hydrogen) atoms. The van der Waals surface area contributed by atoms with Crippen molar-refractivity contribution in [2.24, 2.45) is 0 Å². The molecule has 3 heterocycles. The first kappa shape index (κ1) is 23.4. The number of carbonyl (C=O) groups excluding carboxylic acids is 2. The lowest BCUT2D eigenvalue weighted by atomic mass is 9.89. The number of alkyl halides is 3. The van der Waals surface area contributed by atoms with Crippen molar-refractivity contribution in [3.8, 4) is 0 Å². The number of benzene rings is 1. The minimum absolute atomic E-state index is 0.214. The second-order valence-corrected chi connectivity index (χ2v) is 9.28. The second kappa shape index (κ2) is 9.03. The molecular weight excluding hydrogens is 461 g/mol. The van der Waals surface area contributed by atoms with Gasteiger partial charge in [-0.25, -0.2) is 10.4 Å². The molecule has 1 saturated carbocycles. The van der Waals surface area contributed by atoms with Crippen LogP contribution in [-0.4, -0.2) is 45.0 Å². The highest BCUT2D eigenvalue weighted by Crippen LogP contribution is 2.41. The summed E-state index contributed by atoms with van der Waals surface area (Å²) >= 11 is 0. The van der Waals surface area contributed by atoms with E-state index >= 15 is 0 Å². The molecule has 2 fully saturated rings. The monoisotopic (exact) mass is 488 g/mol. The maximum atomic E-state index is 13.9. The minimum Gasteiger partial charge on any atom is -0.366 e. The number of allylic oxidation sites excluding steroid dienone is 1. The number of hydrazine groups is 1. The highest BCUT2D eigenvalue weighted by molar-refractivity contribution is 6.23. The van der Waals surface area contributed by atoms with Crippen LogP contribution in [0.3, 0.4) is 0 Å². The summed E-state index contributed by atoms with van der Waals surface area (Å²) in [5.41, 5.74) is 2.70. The van der Waals surface area contributed by atoms with Crippen LogP contribution in [-0.2, 0) is 9.59 Å². The Morgan fingerprint density at radius 2 is 1.83 bits per heavy atom. The lowest BCUT2D eigenvalue weighted by Crippen LogP contribution is -2.56. The van der Waals surface area contributed by atoms with Gasteiger partial charge in [0.15, 0.2) is 5.82 Å². The Balaban J connectivity index is 1.37. The maximum absolute atomic E-state index is 13.9. The average Bonchev–Trinajstić information content (AvgIpc) is 3.45. The Kier molecular flexibility index (Phi) is 6.04. The molecule has 0 bridgehead atoms. The van der Waals surface area contributed by atoms with Crippen molar-refractivity contribution < 1.29 is 22.8 Å². The molecule has 3 unspecified atom stereocenters. The molecule has 3 atom stereocenters. The van der Waals surface area contributed by atoms with E-state index in [0.717, 1.165) is 30.7 Å². The number of hydrogen-bond acceptors (Lipinski definition) is 5. The molecule has 1 aliphatic carbocycles. The molecule has 3 aliphatic rings. The predicted octanol–water partition coefficient (Wildman–Crippen LogP) is 3.59. The Morgan fingerprint density at radius 1 is 1.11 bits per heavy atom. The van der Waals surface area contributed by atoms with E-state index in [1.807, 2.05) is 4.68 Å². The number of hydrogen-bond donors (Lipinski definition) is 3. The molecule has 2 amide bonds. The summed E-state index contributed by atoms with van der Waals surface area (Å²) in [6.45, 7) is 1.52. The van der Waals surface area contributed by atoms with Crippen LogP contribution in [0.2, 0.25) is 0 Å². The van der Waals surface area contributed by atoms with Crippen LogP contribution in [0.5, 0.6) is 0 Å². The van der Waals surface area contributed by atoms with Crippen molar-refractivity contribution in [2.75, 3.05) is 5.32 Å². The highest BCUT2D eigenvalue weighted by Gasteiger charge is 2.58. The van der Waals surface area contributed by atoms with Crippen molar-refractivity contribution >= 4 is 17.6 Å². The van der Waals surface area contributed by atoms with E-state index in [0.29, 0.717) is 11.4 Å². The van der Waals surface area contributed by atoms with Gasteiger partial charge in [-0.1, -0.05) is 49.6 Å². The highest BCUT2D eigenvalue weighted by atomic mass is 19.4. The first-order chi connectivity index (χ1) is 16.7. The number of rotatable bonds is 4. The summed E-state index contributed by atoms with van der Waals surface area (Å²) in [4.78, 5) is 26.3. The molecule has 186 valence electrons. The SMILES string of the molecule is CC1=C(C(=O)Nc2ccn(C3CCCCC3)n2)C(=O)N2NC(C(F)(F)F)C(c3ccccc3)C2N1. The van der Waals surface area contributed by atoms with Crippen LogP contribution in [0.1, 0.15) is 56.6 Å². The minimum atomic E-state index is -4.61. The molecule has 11 heteroatoms. The third-order valence-corrected chi connectivity index (χ3v) is 6.99. The molecule has 2 aliphatic heterocycles. The van der Waals surface area contributed by atoms with Gasteiger partial charge in [0, 0.05) is 18.0 Å². The van der Waals surface area contributed by atoms with E-state index < -0.39 is 36.1 Å². The van der Waals surface area contributed by atoms with Gasteiger partial charge in [0.05, 0.1) is 12.0 Å². The predicted molar refractivity (Wildman–Crippen MR) is 122 cm³/mol. The molecular formula is C24H27F3N6O2. The zero-order valence-electron chi connectivity index (χ0n) is 19.2. The molecule has 2 aromatic rings. The fourth-order valence-corrected chi connectivity index (χ4v) is 5.29. The number of nitrogens with one attached hydrogen (secondary N) is 3. The van der Waals surface area contributed by atoms with Gasteiger partial charge >= 0.3 is 6.18 Å². The third-order valence-electron chi connectivity index (χ3n) is 6.99. The summed E-state index contributed by atoms with van der Waals surface area (Å²) in [7, 11) is 0. The Morgan fingerprint density at radius 3 is 2.51 bits per heavy atom. The summed E-state index contributed by atoms with van der Waals surface area (Å²) in [5.74, 6) is -2.34. The standard InChI is InChI=1S/C24H27F3N6O2/c1-14-18(22(34)29-17-12-13-32(30-17)16-10-6-3-7-11-16)23(35)33-21(28-14)19(15-8-4-2-5-9-15)20(31-33)24(25,26)27/h2,4-5,8-9,12-13,16,19-21,28,31H,3,6-7,10-11H2,1H3,(H,29,30,34). The average molecular weight is 489 g/mol. The molecule has 0 spiro atoms. The molecule has 3 N–H and O–H groups in total. The molecule has 0 radical (unpaired) electrons. The van der Waals surface area contributed by atoms with E-state index in [4.69, 9.17) is 0 Å². The number of aromatic nitrogens is 2. The fraction of sp³-hybridized carbons (Fsp3) is 0.458. The van der Waals surface area contributed by atoms with E-state index in [1.165, 1.54) is 13.3 Å². The van der Waals surface area contributed by atoms with E-state index in [1.54, 1.807) is 42.6 Å². The molecule has 1 aromatic carbocycles. The van der Waals surface area contributed by atoms with E-state index in [2.05, 4.69) is 21.2 Å². The van der Waals surface area contributed by atoms with Crippen molar-refractivity contribution in [2.45, 2.75) is 69.4 Å². The Labute approximate surface area is 200 Å². The summed E-state index contributed by atoms with van der Waals surface area (Å²) in [5, 5.41) is 10.9. The van der Waals surface area contributed by atoms with Gasteiger partial charge in [0.25, 0.3) is 11.8 Å². The topological polar surface area (TPSA) is 91.3 Å². The van der Waals surface area contributed by atoms with Gasteiger partial charge in [0.1, 0.15) is 17.8 Å². The second-order valence-electron chi connectivity index (χ2n) is 9.28. The number of carbonyl (C=O) groups is 2. The van der Waals surface area contributed by atoms with Crippen LogP contribution < -0.4 is 16.1 Å². The Bertz CT molecular complexity index is 1140. The third kappa shape index (κ3) is 4.40. The molecule has 8 nitrogen and oxygen atoms in total. The summed E-state index contributed by atoms with van der Waals surface area (Å²) < 4.78 is 43.6. The number of nitrogens with zero attached hydrogens (tertiary/aromatic N) is 3. The van der Waals surface area contributed by atoms with Crippen LogP contribution in [0.25, 0.3) is 0 Å². The molecule has 5 rings (SSSR count). The van der Waals surface area contributed by atoms with Gasteiger partial charge in [0.2, 0.25) is 0 Å². The summed E-state index contributed by atoms with van der Waals surface area (Å²) in [6, 6.07) is 8.17. The maximum Gasteiger partial charge on any atom is 0.406 e. The van der Waals surface area contributed by atoms with Gasteiger partial charge in [-0.2, -0.15) is 18.3 Å². The zero-order chi connectivity index (χ0) is 24.7. The lowest BCUT2D eigenvalue weighted by molar-refractivity contribution is -0.161. The molecule has 1 aromatic heterocycles. The molecule has 1 saturated heterocycles. The quantitative estimate of drug-likeness (QED) is 0.573. The van der Waals surface area contributed by atoms with Crippen LogP contribution in [0.4, 0.5) is 19.0 Å².